The third-order valence-electron chi connectivity index (χ3n) is 2.80. The first-order chi connectivity index (χ1) is 8.04. The molecular formula is C14H21NO2. The molecule has 0 aliphatic rings. The van der Waals surface area contributed by atoms with Crippen molar-refractivity contribution in [3.8, 4) is 5.75 Å². The van der Waals surface area contributed by atoms with Gasteiger partial charge in [-0.05, 0) is 56.5 Å². The first-order valence-corrected chi connectivity index (χ1v) is 5.89. The van der Waals surface area contributed by atoms with Gasteiger partial charge in [0.25, 0.3) is 0 Å². The van der Waals surface area contributed by atoms with Crippen molar-refractivity contribution in [2.75, 3.05) is 20.2 Å². The predicted molar refractivity (Wildman–Crippen MR) is 69.7 cm³/mol. The Labute approximate surface area is 103 Å². The number of carbonyl (C=O) groups is 1. The number of benzene rings is 1. The molecule has 1 N–H and O–H groups in total. The summed E-state index contributed by atoms with van der Waals surface area (Å²) < 4.78 is 5.28. The van der Waals surface area contributed by atoms with E-state index in [4.69, 9.17) is 4.74 Å². The number of aryl methyl sites for hydroxylation is 2. The van der Waals surface area contributed by atoms with Gasteiger partial charge in [-0.2, -0.15) is 0 Å². The average Bonchev–Trinajstić information content (AvgIpc) is 2.28. The van der Waals surface area contributed by atoms with E-state index < -0.39 is 0 Å². The molecule has 0 bridgehead atoms. The van der Waals surface area contributed by atoms with Gasteiger partial charge in [0, 0.05) is 0 Å². The molecule has 3 nitrogen and oxygen atoms in total. The van der Waals surface area contributed by atoms with Crippen molar-refractivity contribution in [3.63, 3.8) is 0 Å². The van der Waals surface area contributed by atoms with Gasteiger partial charge in [-0.1, -0.05) is 6.07 Å². The largest absolute Gasteiger partial charge is 0.496 e. The standard InChI is InChI=1S/C14H21NO2/c1-10-8-14(17-4)11(2)7-13(10)5-6-15-9-12(3)16/h7-8,15H,5-6,9H2,1-4H3. The smallest absolute Gasteiger partial charge is 0.143 e. The van der Waals surface area contributed by atoms with E-state index in [1.807, 2.05) is 6.92 Å². The van der Waals surface area contributed by atoms with Crippen LogP contribution in [0, 0.1) is 13.8 Å². The van der Waals surface area contributed by atoms with Crippen LogP contribution in [0.1, 0.15) is 23.6 Å². The molecule has 0 saturated heterocycles. The number of carbonyl (C=O) groups excluding carboxylic acids is 1. The lowest BCUT2D eigenvalue weighted by Crippen LogP contribution is -2.23. The van der Waals surface area contributed by atoms with E-state index in [0.29, 0.717) is 6.54 Å². The maximum atomic E-state index is 10.8. The molecule has 0 spiro atoms. The Bertz CT molecular complexity index is 399. The maximum absolute atomic E-state index is 10.8. The van der Waals surface area contributed by atoms with Crippen LogP contribution in [0.15, 0.2) is 12.1 Å². The minimum atomic E-state index is 0.174. The molecule has 0 saturated carbocycles. The highest BCUT2D eigenvalue weighted by molar-refractivity contribution is 5.77. The van der Waals surface area contributed by atoms with E-state index in [2.05, 4.69) is 24.4 Å². The first-order valence-electron chi connectivity index (χ1n) is 5.89. The number of ketones is 1. The van der Waals surface area contributed by atoms with E-state index >= 15 is 0 Å². The molecule has 0 aromatic heterocycles. The first kappa shape index (κ1) is 13.7. The van der Waals surface area contributed by atoms with E-state index in [-0.39, 0.29) is 5.78 Å². The van der Waals surface area contributed by atoms with Crippen LogP contribution in [0.2, 0.25) is 0 Å². The molecule has 0 fully saturated rings. The number of Topliss-reactive ketones (excluding diaryl/α,β-unsaturated/α-hetero) is 1. The summed E-state index contributed by atoms with van der Waals surface area (Å²) in [5.74, 6) is 1.11. The fourth-order valence-corrected chi connectivity index (χ4v) is 1.83. The molecule has 17 heavy (non-hydrogen) atoms. The molecular weight excluding hydrogens is 214 g/mol. The Balaban J connectivity index is 2.59. The zero-order valence-electron chi connectivity index (χ0n) is 11.1. The fourth-order valence-electron chi connectivity index (χ4n) is 1.83. The van der Waals surface area contributed by atoms with Crippen LogP contribution in [0.4, 0.5) is 0 Å². The van der Waals surface area contributed by atoms with Crippen molar-refractivity contribution < 1.29 is 9.53 Å². The third-order valence-corrected chi connectivity index (χ3v) is 2.80. The lowest BCUT2D eigenvalue weighted by molar-refractivity contribution is -0.116. The Morgan fingerprint density at radius 1 is 1.29 bits per heavy atom. The van der Waals surface area contributed by atoms with E-state index in [9.17, 15) is 4.79 Å². The summed E-state index contributed by atoms with van der Waals surface area (Å²) >= 11 is 0. The molecule has 1 rings (SSSR count). The highest BCUT2D eigenvalue weighted by Gasteiger charge is 2.04. The van der Waals surface area contributed by atoms with Gasteiger partial charge in [-0.25, -0.2) is 0 Å². The maximum Gasteiger partial charge on any atom is 0.143 e. The van der Waals surface area contributed by atoms with Gasteiger partial charge in [0.2, 0.25) is 0 Å². The van der Waals surface area contributed by atoms with E-state index in [1.54, 1.807) is 14.0 Å². The van der Waals surface area contributed by atoms with E-state index in [1.165, 1.54) is 11.1 Å². The Kier molecular flexibility index (Phi) is 5.16. The molecule has 3 heteroatoms. The zero-order valence-corrected chi connectivity index (χ0v) is 11.1. The third kappa shape index (κ3) is 4.19. The second-order valence-corrected chi connectivity index (χ2v) is 4.38. The van der Waals surface area contributed by atoms with Crippen LogP contribution in [-0.4, -0.2) is 26.0 Å². The summed E-state index contributed by atoms with van der Waals surface area (Å²) in [4.78, 5) is 10.8. The normalized spacial score (nSPS) is 10.4. The van der Waals surface area contributed by atoms with Crippen LogP contribution in [0.5, 0.6) is 5.75 Å². The van der Waals surface area contributed by atoms with Gasteiger partial charge in [-0.15, -0.1) is 0 Å². The van der Waals surface area contributed by atoms with Crippen molar-refractivity contribution >= 4 is 5.78 Å². The second kappa shape index (κ2) is 6.40. The van der Waals surface area contributed by atoms with Crippen molar-refractivity contribution in [1.29, 1.82) is 0 Å². The summed E-state index contributed by atoms with van der Waals surface area (Å²) in [5, 5.41) is 3.13. The van der Waals surface area contributed by atoms with Crippen molar-refractivity contribution in [3.05, 3.63) is 28.8 Å². The van der Waals surface area contributed by atoms with Gasteiger partial charge >= 0.3 is 0 Å². The molecule has 1 aromatic rings. The quantitative estimate of drug-likeness (QED) is 0.767. The Morgan fingerprint density at radius 3 is 2.59 bits per heavy atom. The number of nitrogens with one attached hydrogen (secondary N) is 1. The van der Waals surface area contributed by atoms with Gasteiger partial charge in [-0.3, -0.25) is 4.79 Å². The number of ether oxygens (including phenoxy) is 1. The molecule has 0 radical (unpaired) electrons. The Hall–Kier alpha value is -1.35. The molecule has 94 valence electrons. The van der Waals surface area contributed by atoms with Crippen LogP contribution in [0.3, 0.4) is 0 Å². The number of hydrogen-bond donors (Lipinski definition) is 1. The zero-order chi connectivity index (χ0) is 12.8. The van der Waals surface area contributed by atoms with Gasteiger partial charge in [0.05, 0.1) is 13.7 Å². The summed E-state index contributed by atoms with van der Waals surface area (Å²) in [6, 6.07) is 4.22. The minimum absolute atomic E-state index is 0.174. The minimum Gasteiger partial charge on any atom is -0.496 e. The van der Waals surface area contributed by atoms with Crippen molar-refractivity contribution in [1.82, 2.24) is 5.32 Å². The van der Waals surface area contributed by atoms with Gasteiger partial charge in [0.1, 0.15) is 11.5 Å². The van der Waals surface area contributed by atoms with Crippen LogP contribution in [-0.2, 0) is 11.2 Å². The SMILES string of the molecule is COc1cc(C)c(CCNCC(C)=O)cc1C. The van der Waals surface area contributed by atoms with Crippen molar-refractivity contribution in [2.24, 2.45) is 0 Å². The molecule has 0 atom stereocenters. The fraction of sp³-hybridized carbons (Fsp3) is 0.500. The number of methoxy groups -OCH3 is 1. The molecule has 0 heterocycles. The summed E-state index contributed by atoms with van der Waals surface area (Å²) in [6.45, 7) is 7.00. The summed E-state index contributed by atoms with van der Waals surface area (Å²) in [6.07, 6.45) is 0.934. The molecule has 0 amide bonds. The molecule has 0 aliphatic carbocycles. The topological polar surface area (TPSA) is 38.3 Å². The highest BCUT2D eigenvalue weighted by atomic mass is 16.5. The average molecular weight is 235 g/mol. The van der Waals surface area contributed by atoms with Crippen LogP contribution in [0.25, 0.3) is 0 Å². The predicted octanol–water partition coefficient (Wildman–Crippen LogP) is 2.03. The Morgan fingerprint density at radius 2 is 2.00 bits per heavy atom. The summed E-state index contributed by atoms with van der Waals surface area (Å²) in [5.41, 5.74) is 3.69. The second-order valence-electron chi connectivity index (χ2n) is 4.38. The van der Waals surface area contributed by atoms with Gasteiger partial charge < -0.3 is 10.1 Å². The van der Waals surface area contributed by atoms with Gasteiger partial charge in [0.15, 0.2) is 0 Å². The highest BCUT2D eigenvalue weighted by Crippen LogP contribution is 2.22. The molecule has 1 aromatic carbocycles. The van der Waals surface area contributed by atoms with Crippen LogP contribution >= 0.6 is 0 Å². The number of hydrogen-bond acceptors (Lipinski definition) is 3. The van der Waals surface area contributed by atoms with Crippen LogP contribution < -0.4 is 10.1 Å². The number of rotatable bonds is 6. The lowest BCUT2D eigenvalue weighted by Gasteiger charge is -2.11. The monoisotopic (exact) mass is 235 g/mol. The summed E-state index contributed by atoms with van der Waals surface area (Å²) in [7, 11) is 1.69. The van der Waals surface area contributed by atoms with E-state index in [0.717, 1.165) is 24.3 Å². The lowest BCUT2D eigenvalue weighted by atomic mass is 10.0. The van der Waals surface area contributed by atoms with Crippen molar-refractivity contribution in [2.45, 2.75) is 27.2 Å². The molecule has 0 aliphatic heterocycles. The molecule has 0 unspecified atom stereocenters.